The standard InChI is InChI=1S/C15H20N6O4/c1-24-6-4-16-14(22)12-8-20(19-18-12)7-11-3-2-5-21(11)15(23)13-9-25-10-17-13/h8-11H,2-7H2,1H3,(H,16,22)/t11-/m0/s1. The first-order chi connectivity index (χ1) is 12.2. The van der Waals surface area contributed by atoms with Gasteiger partial charge in [-0.3, -0.25) is 9.59 Å². The monoisotopic (exact) mass is 348 g/mol. The lowest BCUT2D eigenvalue weighted by atomic mass is 10.2. The Morgan fingerprint density at radius 2 is 2.32 bits per heavy atom. The van der Waals surface area contributed by atoms with Crippen LogP contribution >= 0.6 is 0 Å². The first kappa shape index (κ1) is 17.1. The molecule has 1 aliphatic rings. The number of rotatable bonds is 7. The minimum atomic E-state index is -0.301. The molecule has 134 valence electrons. The van der Waals surface area contributed by atoms with Crippen LogP contribution in [0.5, 0.6) is 0 Å². The summed E-state index contributed by atoms with van der Waals surface area (Å²) in [5.74, 6) is -0.459. The summed E-state index contributed by atoms with van der Waals surface area (Å²) in [5.41, 5.74) is 0.534. The molecule has 0 aliphatic carbocycles. The van der Waals surface area contributed by atoms with Gasteiger partial charge in [-0.2, -0.15) is 0 Å². The number of hydrogen-bond donors (Lipinski definition) is 1. The van der Waals surface area contributed by atoms with Crippen molar-refractivity contribution in [1.29, 1.82) is 0 Å². The third-order valence-electron chi connectivity index (χ3n) is 4.05. The molecule has 25 heavy (non-hydrogen) atoms. The molecular weight excluding hydrogens is 328 g/mol. The van der Waals surface area contributed by atoms with Crippen molar-refractivity contribution in [2.24, 2.45) is 0 Å². The zero-order chi connectivity index (χ0) is 17.6. The third kappa shape index (κ3) is 4.02. The molecule has 10 heteroatoms. The molecule has 0 saturated carbocycles. The van der Waals surface area contributed by atoms with Crippen LogP contribution in [0.3, 0.4) is 0 Å². The summed E-state index contributed by atoms with van der Waals surface area (Å²) in [4.78, 5) is 30.1. The smallest absolute Gasteiger partial charge is 0.276 e. The molecule has 1 N–H and O–H groups in total. The van der Waals surface area contributed by atoms with E-state index in [4.69, 9.17) is 9.15 Å². The van der Waals surface area contributed by atoms with Crippen LogP contribution in [0.4, 0.5) is 0 Å². The van der Waals surface area contributed by atoms with E-state index in [2.05, 4.69) is 20.6 Å². The molecule has 2 amide bonds. The number of ether oxygens (including phenoxy) is 1. The number of nitrogens with zero attached hydrogens (tertiary/aromatic N) is 5. The van der Waals surface area contributed by atoms with E-state index in [9.17, 15) is 9.59 Å². The molecule has 0 unspecified atom stereocenters. The molecule has 3 heterocycles. The summed E-state index contributed by atoms with van der Waals surface area (Å²) in [5, 5.41) is 10.6. The van der Waals surface area contributed by atoms with Crippen LogP contribution < -0.4 is 5.32 Å². The van der Waals surface area contributed by atoms with Gasteiger partial charge in [-0.05, 0) is 12.8 Å². The second-order valence-corrected chi connectivity index (χ2v) is 5.74. The zero-order valence-corrected chi connectivity index (χ0v) is 13.9. The highest BCUT2D eigenvalue weighted by molar-refractivity contribution is 5.92. The van der Waals surface area contributed by atoms with Gasteiger partial charge in [0.15, 0.2) is 17.8 Å². The number of oxazole rings is 1. The summed E-state index contributed by atoms with van der Waals surface area (Å²) in [7, 11) is 1.57. The van der Waals surface area contributed by atoms with Crippen molar-refractivity contribution in [2.75, 3.05) is 26.8 Å². The van der Waals surface area contributed by atoms with Gasteiger partial charge in [-0.1, -0.05) is 5.21 Å². The summed E-state index contributed by atoms with van der Waals surface area (Å²) >= 11 is 0. The van der Waals surface area contributed by atoms with E-state index >= 15 is 0 Å². The Kier molecular flexibility index (Phi) is 5.39. The molecule has 2 aromatic heterocycles. The van der Waals surface area contributed by atoms with Crippen LogP contribution in [-0.4, -0.2) is 69.5 Å². The van der Waals surface area contributed by atoms with Crippen LogP contribution in [0.1, 0.15) is 33.8 Å². The molecule has 3 rings (SSSR count). The van der Waals surface area contributed by atoms with Gasteiger partial charge in [0, 0.05) is 20.2 Å². The molecule has 1 fully saturated rings. The van der Waals surface area contributed by atoms with Gasteiger partial charge in [0.05, 0.1) is 25.4 Å². The maximum Gasteiger partial charge on any atom is 0.276 e. The number of nitrogens with one attached hydrogen (secondary N) is 1. The second kappa shape index (κ2) is 7.88. The molecule has 0 spiro atoms. The van der Waals surface area contributed by atoms with Crippen LogP contribution in [0.25, 0.3) is 0 Å². The fraction of sp³-hybridized carbons (Fsp3) is 0.533. The van der Waals surface area contributed by atoms with E-state index in [1.807, 2.05) is 0 Å². The van der Waals surface area contributed by atoms with Gasteiger partial charge >= 0.3 is 0 Å². The quantitative estimate of drug-likeness (QED) is 0.697. The van der Waals surface area contributed by atoms with Crippen LogP contribution in [-0.2, 0) is 11.3 Å². The SMILES string of the molecule is COCCNC(=O)c1cn(C[C@@H]2CCCN2C(=O)c2cocn2)nn1. The molecular formula is C15H20N6O4. The van der Waals surface area contributed by atoms with E-state index in [-0.39, 0.29) is 23.6 Å². The Balaban J connectivity index is 1.60. The number of methoxy groups -OCH3 is 1. The van der Waals surface area contributed by atoms with Crippen LogP contribution in [0.15, 0.2) is 23.3 Å². The van der Waals surface area contributed by atoms with E-state index in [0.717, 1.165) is 12.8 Å². The molecule has 10 nitrogen and oxygen atoms in total. The number of amides is 2. The Labute approximate surface area is 144 Å². The topological polar surface area (TPSA) is 115 Å². The molecule has 2 aromatic rings. The summed E-state index contributed by atoms with van der Waals surface area (Å²) in [6.07, 6.45) is 5.94. The lowest BCUT2D eigenvalue weighted by Crippen LogP contribution is -2.38. The summed E-state index contributed by atoms with van der Waals surface area (Å²) in [6.45, 7) is 1.98. The average Bonchev–Trinajstić information content (AvgIpc) is 3.36. The molecule has 0 bridgehead atoms. The maximum absolute atomic E-state index is 12.5. The number of hydrogen-bond acceptors (Lipinski definition) is 7. The molecule has 1 aliphatic heterocycles. The molecule has 1 atom stereocenters. The minimum absolute atomic E-state index is 0.0182. The van der Waals surface area contributed by atoms with Crippen molar-refractivity contribution in [1.82, 2.24) is 30.2 Å². The van der Waals surface area contributed by atoms with E-state index in [1.54, 1.807) is 22.9 Å². The maximum atomic E-state index is 12.5. The average molecular weight is 348 g/mol. The Morgan fingerprint density at radius 3 is 3.08 bits per heavy atom. The predicted molar refractivity (Wildman–Crippen MR) is 84.8 cm³/mol. The molecule has 0 radical (unpaired) electrons. The van der Waals surface area contributed by atoms with Crippen molar-refractivity contribution in [3.05, 3.63) is 30.2 Å². The highest BCUT2D eigenvalue weighted by atomic mass is 16.5. The Morgan fingerprint density at radius 1 is 1.44 bits per heavy atom. The van der Waals surface area contributed by atoms with Crippen molar-refractivity contribution >= 4 is 11.8 Å². The highest BCUT2D eigenvalue weighted by Crippen LogP contribution is 2.21. The van der Waals surface area contributed by atoms with E-state index < -0.39 is 0 Å². The van der Waals surface area contributed by atoms with Gasteiger partial charge < -0.3 is 19.4 Å². The summed E-state index contributed by atoms with van der Waals surface area (Å²) < 4.78 is 11.3. The van der Waals surface area contributed by atoms with Gasteiger partial charge in [-0.25, -0.2) is 9.67 Å². The third-order valence-corrected chi connectivity index (χ3v) is 4.05. The van der Waals surface area contributed by atoms with Crippen molar-refractivity contribution < 1.29 is 18.7 Å². The van der Waals surface area contributed by atoms with Gasteiger partial charge in [0.2, 0.25) is 0 Å². The van der Waals surface area contributed by atoms with Crippen molar-refractivity contribution in [3.8, 4) is 0 Å². The lowest BCUT2D eigenvalue weighted by Gasteiger charge is -2.23. The zero-order valence-electron chi connectivity index (χ0n) is 13.9. The first-order valence-electron chi connectivity index (χ1n) is 8.05. The number of aromatic nitrogens is 4. The Bertz CT molecular complexity index is 713. The number of likely N-dealkylation sites (tertiary alicyclic amines) is 1. The predicted octanol–water partition coefficient (Wildman–Crippen LogP) is -0.0529. The minimum Gasteiger partial charge on any atom is -0.451 e. The summed E-state index contributed by atoms with van der Waals surface area (Å²) in [6, 6.07) is -0.0182. The van der Waals surface area contributed by atoms with Gasteiger partial charge in [0.1, 0.15) is 6.26 Å². The van der Waals surface area contributed by atoms with Crippen LogP contribution in [0, 0.1) is 0 Å². The van der Waals surface area contributed by atoms with Gasteiger partial charge in [-0.15, -0.1) is 5.10 Å². The highest BCUT2D eigenvalue weighted by Gasteiger charge is 2.31. The first-order valence-corrected chi connectivity index (χ1v) is 8.05. The molecule has 0 aromatic carbocycles. The lowest BCUT2D eigenvalue weighted by molar-refractivity contribution is 0.0714. The van der Waals surface area contributed by atoms with E-state index in [1.165, 1.54) is 12.7 Å². The fourth-order valence-electron chi connectivity index (χ4n) is 2.82. The number of carbonyl (C=O) groups excluding carboxylic acids is 2. The largest absolute Gasteiger partial charge is 0.451 e. The van der Waals surface area contributed by atoms with Gasteiger partial charge in [0.25, 0.3) is 11.8 Å². The van der Waals surface area contributed by atoms with Crippen molar-refractivity contribution in [2.45, 2.75) is 25.4 Å². The molecule has 1 saturated heterocycles. The van der Waals surface area contributed by atoms with Crippen molar-refractivity contribution in [3.63, 3.8) is 0 Å². The van der Waals surface area contributed by atoms with E-state index in [0.29, 0.717) is 31.9 Å². The second-order valence-electron chi connectivity index (χ2n) is 5.74. The Hall–Kier alpha value is -2.75. The van der Waals surface area contributed by atoms with Crippen LogP contribution in [0.2, 0.25) is 0 Å². The fourth-order valence-corrected chi connectivity index (χ4v) is 2.82. The normalized spacial score (nSPS) is 17.0. The number of carbonyl (C=O) groups is 2.